The lowest BCUT2D eigenvalue weighted by atomic mass is 10.4. The molecule has 0 aromatic carbocycles. The molecule has 2 N–H and O–H groups in total. The second-order valence-electron chi connectivity index (χ2n) is 3.01. The van der Waals surface area contributed by atoms with Crippen molar-refractivity contribution in [3.05, 3.63) is 12.0 Å². The lowest BCUT2D eigenvalue weighted by Gasteiger charge is -2.25. The van der Waals surface area contributed by atoms with Crippen molar-refractivity contribution in [3.8, 4) is 0 Å². The minimum absolute atomic E-state index is 0.140. The number of nitrogens with zero attached hydrogens (tertiary/aromatic N) is 2. The van der Waals surface area contributed by atoms with Gasteiger partial charge in [-0.25, -0.2) is 4.79 Å². The molecule has 1 fully saturated rings. The van der Waals surface area contributed by atoms with Crippen molar-refractivity contribution in [1.82, 2.24) is 4.90 Å². The van der Waals surface area contributed by atoms with Gasteiger partial charge in [0.1, 0.15) is 0 Å². The zero-order chi connectivity index (χ0) is 9.97. The molecular weight excluding hydrogens is 186 g/mol. The highest BCUT2D eigenvalue weighted by atomic mass is 16.6. The van der Waals surface area contributed by atoms with Gasteiger partial charge in [0.05, 0.1) is 13.2 Å². The number of rotatable bonds is 1. The monoisotopic (exact) mass is 197 g/mol. The predicted octanol–water partition coefficient (Wildman–Crippen LogP) is -0.333. The Morgan fingerprint density at radius 3 is 2.71 bits per heavy atom. The highest BCUT2D eigenvalue weighted by Crippen LogP contribution is 2.10. The van der Waals surface area contributed by atoms with Crippen LogP contribution in [0.1, 0.15) is 0 Å². The summed E-state index contributed by atoms with van der Waals surface area (Å²) in [4.78, 5) is 16.2. The number of cyclic esters (lactones) is 1. The Morgan fingerprint density at radius 2 is 2.14 bits per heavy atom. The molecule has 1 saturated heterocycles. The standard InChI is InChI=1S/C8H11N3O3/c9-7-6(14-8(12)10-7)5-11-1-3-13-4-2-11/h5H,1-4H2,(H2,9,10,12). The SMILES string of the molecule is NC1=NC(=O)OC1=CN1CCOCC1. The summed E-state index contributed by atoms with van der Waals surface area (Å²) in [6, 6.07) is 0. The Morgan fingerprint density at radius 1 is 1.43 bits per heavy atom. The van der Waals surface area contributed by atoms with Crippen molar-refractivity contribution in [1.29, 1.82) is 0 Å². The zero-order valence-corrected chi connectivity index (χ0v) is 7.60. The second kappa shape index (κ2) is 3.67. The molecule has 76 valence electrons. The molecule has 2 aliphatic heterocycles. The molecule has 0 spiro atoms. The van der Waals surface area contributed by atoms with Crippen LogP contribution in [0.3, 0.4) is 0 Å². The summed E-state index contributed by atoms with van der Waals surface area (Å²) in [6.45, 7) is 2.90. The molecule has 0 aromatic rings. The summed E-state index contributed by atoms with van der Waals surface area (Å²) >= 11 is 0. The van der Waals surface area contributed by atoms with Crippen LogP contribution in [0.2, 0.25) is 0 Å². The van der Waals surface area contributed by atoms with Gasteiger partial charge in [-0.15, -0.1) is 0 Å². The smallest absolute Gasteiger partial charge is 0.403 e. The van der Waals surface area contributed by atoms with E-state index >= 15 is 0 Å². The lowest BCUT2D eigenvalue weighted by Crippen LogP contribution is -2.33. The molecule has 0 aliphatic carbocycles. The Balaban J connectivity index is 2.03. The Hall–Kier alpha value is -1.56. The van der Waals surface area contributed by atoms with Crippen molar-refractivity contribution in [3.63, 3.8) is 0 Å². The molecule has 2 rings (SSSR count). The predicted molar refractivity (Wildman–Crippen MR) is 48.6 cm³/mol. The number of amides is 1. The van der Waals surface area contributed by atoms with E-state index in [1.54, 1.807) is 6.20 Å². The van der Waals surface area contributed by atoms with E-state index < -0.39 is 6.09 Å². The van der Waals surface area contributed by atoms with Gasteiger partial charge < -0.3 is 20.1 Å². The molecule has 0 aromatic heterocycles. The van der Waals surface area contributed by atoms with Crippen molar-refractivity contribution in [2.24, 2.45) is 10.7 Å². The first-order valence-corrected chi connectivity index (χ1v) is 4.35. The van der Waals surface area contributed by atoms with Crippen LogP contribution in [0, 0.1) is 0 Å². The molecule has 6 heteroatoms. The lowest BCUT2D eigenvalue weighted by molar-refractivity contribution is 0.0581. The molecule has 0 saturated carbocycles. The molecule has 2 aliphatic rings. The maximum atomic E-state index is 10.7. The fourth-order valence-electron chi connectivity index (χ4n) is 1.29. The number of hydrogen-bond acceptors (Lipinski definition) is 5. The maximum Gasteiger partial charge on any atom is 0.441 e. The van der Waals surface area contributed by atoms with Gasteiger partial charge >= 0.3 is 6.09 Å². The average Bonchev–Trinajstić information content (AvgIpc) is 2.47. The number of carbonyl (C=O) groups excluding carboxylic acids is 1. The first-order chi connectivity index (χ1) is 6.75. The summed E-state index contributed by atoms with van der Waals surface area (Å²) in [5.74, 6) is 0.471. The first kappa shape index (κ1) is 9.01. The third-order valence-corrected chi connectivity index (χ3v) is 2.01. The Kier molecular flexibility index (Phi) is 2.36. The van der Waals surface area contributed by atoms with Gasteiger partial charge in [0, 0.05) is 19.3 Å². The fourth-order valence-corrected chi connectivity index (χ4v) is 1.29. The number of morpholine rings is 1. The summed E-state index contributed by atoms with van der Waals surface area (Å²) in [6.07, 6.45) is 1.05. The maximum absolute atomic E-state index is 10.7. The van der Waals surface area contributed by atoms with Crippen molar-refractivity contribution in [2.75, 3.05) is 26.3 Å². The number of amidine groups is 1. The number of hydrogen-bond donors (Lipinski definition) is 1. The van der Waals surface area contributed by atoms with Crippen LogP contribution in [0.5, 0.6) is 0 Å². The van der Waals surface area contributed by atoms with E-state index in [9.17, 15) is 4.79 Å². The van der Waals surface area contributed by atoms with Crippen LogP contribution < -0.4 is 5.73 Å². The Bertz CT molecular complexity index is 305. The van der Waals surface area contributed by atoms with Crippen molar-refractivity contribution >= 4 is 11.9 Å². The molecule has 0 unspecified atom stereocenters. The Labute approximate surface area is 81.0 Å². The van der Waals surface area contributed by atoms with Crippen LogP contribution in [-0.2, 0) is 9.47 Å². The van der Waals surface area contributed by atoms with Gasteiger partial charge in [-0.2, -0.15) is 4.99 Å². The third kappa shape index (κ3) is 1.85. The number of aliphatic imine (C=N–C) groups is 1. The van der Waals surface area contributed by atoms with E-state index in [1.807, 2.05) is 4.90 Å². The van der Waals surface area contributed by atoms with E-state index in [2.05, 4.69) is 4.99 Å². The number of nitrogens with two attached hydrogens (primary N) is 1. The van der Waals surface area contributed by atoms with E-state index in [0.717, 1.165) is 13.1 Å². The largest absolute Gasteiger partial charge is 0.441 e. The minimum Gasteiger partial charge on any atom is -0.403 e. The van der Waals surface area contributed by atoms with E-state index in [-0.39, 0.29) is 5.84 Å². The van der Waals surface area contributed by atoms with Gasteiger partial charge in [0.2, 0.25) is 0 Å². The summed E-state index contributed by atoms with van der Waals surface area (Å²) in [5.41, 5.74) is 5.46. The van der Waals surface area contributed by atoms with Gasteiger partial charge in [-0.3, -0.25) is 0 Å². The number of ether oxygens (including phenoxy) is 2. The third-order valence-electron chi connectivity index (χ3n) is 2.01. The summed E-state index contributed by atoms with van der Waals surface area (Å²) in [7, 11) is 0. The second-order valence-corrected chi connectivity index (χ2v) is 3.01. The van der Waals surface area contributed by atoms with Gasteiger partial charge in [-0.1, -0.05) is 0 Å². The molecule has 2 heterocycles. The molecule has 14 heavy (non-hydrogen) atoms. The molecule has 1 amide bonds. The van der Waals surface area contributed by atoms with E-state index in [4.69, 9.17) is 15.2 Å². The average molecular weight is 197 g/mol. The van der Waals surface area contributed by atoms with Crippen LogP contribution in [0.25, 0.3) is 0 Å². The minimum atomic E-state index is -0.651. The quantitative estimate of drug-likeness (QED) is 0.622. The van der Waals surface area contributed by atoms with Gasteiger partial charge in [0.15, 0.2) is 11.6 Å². The molecule has 0 radical (unpaired) electrons. The fraction of sp³-hybridized carbons (Fsp3) is 0.500. The topological polar surface area (TPSA) is 77.1 Å². The molecular formula is C8H11N3O3. The van der Waals surface area contributed by atoms with E-state index in [1.165, 1.54) is 0 Å². The molecule has 0 atom stereocenters. The van der Waals surface area contributed by atoms with Crippen LogP contribution in [0.4, 0.5) is 4.79 Å². The van der Waals surface area contributed by atoms with Crippen molar-refractivity contribution < 1.29 is 14.3 Å². The van der Waals surface area contributed by atoms with Crippen LogP contribution in [0.15, 0.2) is 17.0 Å². The van der Waals surface area contributed by atoms with Gasteiger partial charge in [-0.05, 0) is 0 Å². The first-order valence-electron chi connectivity index (χ1n) is 4.35. The highest BCUT2D eigenvalue weighted by Gasteiger charge is 2.20. The number of carbonyl (C=O) groups is 1. The van der Waals surface area contributed by atoms with Crippen LogP contribution in [-0.4, -0.2) is 43.1 Å². The summed E-state index contributed by atoms with van der Waals surface area (Å²) < 4.78 is 9.96. The van der Waals surface area contributed by atoms with E-state index in [0.29, 0.717) is 19.0 Å². The van der Waals surface area contributed by atoms with Crippen molar-refractivity contribution in [2.45, 2.75) is 0 Å². The molecule has 0 bridgehead atoms. The zero-order valence-electron chi connectivity index (χ0n) is 7.60. The highest BCUT2D eigenvalue weighted by molar-refractivity contribution is 6.06. The van der Waals surface area contributed by atoms with Crippen LogP contribution >= 0.6 is 0 Å². The van der Waals surface area contributed by atoms with Gasteiger partial charge in [0.25, 0.3) is 0 Å². The normalized spacial score (nSPS) is 25.1. The molecule has 6 nitrogen and oxygen atoms in total. The summed E-state index contributed by atoms with van der Waals surface area (Å²) in [5, 5.41) is 0.